The Hall–Kier alpha value is -1.44. The number of thioether (sulfide) groups is 1. The van der Waals surface area contributed by atoms with Crippen LogP contribution >= 0.6 is 11.8 Å². The molecule has 2 rings (SSSR count). The zero-order valence-corrected chi connectivity index (χ0v) is 12.4. The molecule has 1 aliphatic heterocycles. The van der Waals surface area contributed by atoms with Crippen LogP contribution in [0.1, 0.15) is 34.3 Å². The lowest BCUT2D eigenvalue weighted by Crippen LogP contribution is -2.38. The zero-order chi connectivity index (χ0) is 14.4. The van der Waals surface area contributed by atoms with Crippen molar-refractivity contribution in [3.05, 3.63) is 34.9 Å². The fraction of sp³-hybridized carbons (Fsp3) is 0.438. The average molecular weight is 289 g/mol. The van der Waals surface area contributed by atoms with Crippen molar-refractivity contribution in [3.8, 4) is 11.8 Å². The van der Waals surface area contributed by atoms with Gasteiger partial charge in [-0.25, -0.2) is 0 Å². The topological polar surface area (TPSA) is 49.3 Å². The summed E-state index contributed by atoms with van der Waals surface area (Å²) in [5.41, 5.74) is 2.48. The molecule has 3 nitrogen and oxygen atoms in total. The van der Waals surface area contributed by atoms with E-state index in [1.165, 1.54) is 12.2 Å². The van der Waals surface area contributed by atoms with Crippen LogP contribution in [0.15, 0.2) is 18.2 Å². The maximum absolute atomic E-state index is 12.2. The molecule has 1 aromatic carbocycles. The number of rotatable bonds is 2. The van der Waals surface area contributed by atoms with Crippen molar-refractivity contribution < 1.29 is 9.90 Å². The Morgan fingerprint density at radius 3 is 3.05 bits per heavy atom. The van der Waals surface area contributed by atoms with Crippen LogP contribution in [0.5, 0.6) is 0 Å². The van der Waals surface area contributed by atoms with E-state index in [9.17, 15) is 4.79 Å². The number of carbonyl (C=O) groups excluding carboxylic acids is 1. The van der Waals surface area contributed by atoms with Crippen molar-refractivity contribution in [2.45, 2.75) is 25.8 Å². The van der Waals surface area contributed by atoms with Gasteiger partial charge in [-0.15, -0.1) is 0 Å². The SMILES string of the molecule is Cc1cc(C(=O)NC2CCCSC2)ccc1C#CCO. The lowest BCUT2D eigenvalue weighted by atomic mass is 10.0. The third-order valence-electron chi connectivity index (χ3n) is 3.29. The van der Waals surface area contributed by atoms with E-state index in [1.54, 1.807) is 6.07 Å². The first-order valence-corrected chi connectivity index (χ1v) is 7.95. The number of amides is 1. The summed E-state index contributed by atoms with van der Waals surface area (Å²) in [6.45, 7) is 1.77. The summed E-state index contributed by atoms with van der Waals surface area (Å²) in [4.78, 5) is 12.2. The Kier molecular flexibility index (Phi) is 5.51. The van der Waals surface area contributed by atoms with E-state index in [1.807, 2.05) is 30.8 Å². The van der Waals surface area contributed by atoms with Crippen molar-refractivity contribution in [3.63, 3.8) is 0 Å². The standard InChI is InChI=1S/C16H19NO2S/c1-12-10-14(7-6-13(12)4-2-8-18)16(19)17-15-5-3-9-20-11-15/h6-7,10,15,18H,3,5,8-9,11H2,1H3,(H,17,19). The van der Waals surface area contributed by atoms with E-state index in [-0.39, 0.29) is 18.6 Å². The third-order valence-corrected chi connectivity index (χ3v) is 4.50. The second-order valence-corrected chi connectivity index (χ2v) is 6.03. The predicted octanol–water partition coefficient (Wildman–Crippen LogP) is 1.96. The number of nitrogens with one attached hydrogen (secondary N) is 1. The minimum absolute atomic E-state index is 0.0118. The Labute approximate surface area is 124 Å². The molecule has 4 heteroatoms. The number of benzene rings is 1. The minimum atomic E-state index is -0.152. The lowest BCUT2D eigenvalue weighted by molar-refractivity contribution is 0.0938. The number of aliphatic hydroxyl groups excluding tert-OH is 1. The molecule has 0 spiro atoms. The first-order chi connectivity index (χ1) is 9.70. The Bertz CT molecular complexity index is 539. The van der Waals surface area contributed by atoms with Crippen LogP contribution in [-0.2, 0) is 0 Å². The molecule has 2 N–H and O–H groups in total. The molecule has 0 radical (unpaired) electrons. The molecule has 1 aliphatic rings. The summed E-state index contributed by atoms with van der Waals surface area (Å²) in [7, 11) is 0. The molecule has 0 aliphatic carbocycles. The predicted molar refractivity (Wildman–Crippen MR) is 83.0 cm³/mol. The van der Waals surface area contributed by atoms with Gasteiger partial charge in [-0.1, -0.05) is 11.8 Å². The van der Waals surface area contributed by atoms with Crippen LogP contribution in [0.2, 0.25) is 0 Å². The third kappa shape index (κ3) is 4.03. The van der Waals surface area contributed by atoms with Crippen LogP contribution in [0.25, 0.3) is 0 Å². The molecule has 0 aromatic heterocycles. The quantitative estimate of drug-likeness (QED) is 0.818. The highest BCUT2D eigenvalue weighted by molar-refractivity contribution is 7.99. The molecule has 1 saturated heterocycles. The highest BCUT2D eigenvalue weighted by Gasteiger charge is 2.17. The Morgan fingerprint density at radius 1 is 1.55 bits per heavy atom. The molecule has 1 fully saturated rings. The van der Waals surface area contributed by atoms with Crippen molar-refractivity contribution in [1.29, 1.82) is 0 Å². The fourth-order valence-electron chi connectivity index (χ4n) is 2.20. The number of hydrogen-bond acceptors (Lipinski definition) is 3. The highest BCUT2D eigenvalue weighted by atomic mass is 32.2. The molecular formula is C16H19NO2S. The van der Waals surface area contributed by atoms with E-state index < -0.39 is 0 Å². The maximum atomic E-state index is 12.2. The van der Waals surface area contributed by atoms with Crippen LogP contribution in [0, 0.1) is 18.8 Å². The molecule has 1 aromatic rings. The molecule has 1 amide bonds. The van der Waals surface area contributed by atoms with Gasteiger partial charge < -0.3 is 10.4 Å². The second-order valence-electron chi connectivity index (χ2n) is 4.88. The van der Waals surface area contributed by atoms with E-state index in [2.05, 4.69) is 17.2 Å². The Balaban J connectivity index is 2.04. The minimum Gasteiger partial charge on any atom is -0.384 e. The maximum Gasteiger partial charge on any atom is 0.251 e. The van der Waals surface area contributed by atoms with Gasteiger partial charge >= 0.3 is 0 Å². The first kappa shape index (κ1) is 15.0. The van der Waals surface area contributed by atoms with E-state index in [0.717, 1.165) is 23.3 Å². The van der Waals surface area contributed by atoms with Gasteiger partial charge in [0.25, 0.3) is 5.91 Å². The monoisotopic (exact) mass is 289 g/mol. The lowest BCUT2D eigenvalue weighted by Gasteiger charge is -2.22. The molecule has 20 heavy (non-hydrogen) atoms. The summed E-state index contributed by atoms with van der Waals surface area (Å²) >= 11 is 1.90. The van der Waals surface area contributed by atoms with Crippen molar-refractivity contribution in [2.75, 3.05) is 18.1 Å². The van der Waals surface area contributed by atoms with Crippen LogP contribution in [0.4, 0.5) is 0 Å². The fourth-order valence-corrected chi connectivity index (χ4v) is 3.28. The molecule has 106 valence electrons. The van der Waals surface area contributed by atoms with Crippen molar-refractivity contribution in [2.24, 2.45) is 0 Å². The van der Waals surface area contributed by atoms with Gasteiger partial charge in [-0.05, 0) is 49.3 Å². The van der Waals surface area contributed by atoms with Crippen molar-refractivity contribution >= 4 is 17.7 Å². The van der Waals surface area contributed by atoms with Gasteiger partial charge in [0.2, 0.25) is 0 Å². The molecular weight excluding hydrogens is 270 g/mol. The second kappa shape index (κ2) is 7.37. The molecule has 0 saturated carbocycles. The summed E-state index contributed by atoms with van der Waals surface area (Å²) in [5, 5.41) is 11.8. The molecule has 1 unspecified atom stereocenters. The van der Waals surface area contributed by atoms with E-state index in [0.29, 0.717) is 5.56 Å². The van der Waals surface area contributed by atoms with Gasteiger partial charge in [0.1, 0.15) is 6.61 Å². The molecule has 0 bridgehead atoms. The van der Waals surface area contributed by atoms with Gasteiger partial charge in [-0.2, -0.15) is 11.8 Å². The largest absolute Gasteiger partial charge is 0.384 e. The van der Waals surface area contributed by atoms with E-state index in [4.69, 9.17) is 5.11 Å². The zero-order valence-electron chi connectivity index (χ0n) is 11.6. The summed E-state index contributed by atoms with van der Waals surface area (Å²) in [6.07, 6.45) is 2.24. The summed E-state index contributed by atoms with van der Waals surface area (Å²) < 4.78 is 0. The number of aliphatic hydroxyl groups is 1. The number of hydrogen-bond donors (Lipinski definition) is 2. The smallest absolute Gasteiger partial charge is 0.251 e. The summed E-state index contributed by atoms with van der Waals surface area (Å²) in [6, 6.07) is 5.77. The molecule has 1 heterocycles. The normalized spacial score (nSPS) is 18.0. The average Bonchev–Trinajstić information content (AvgIpc) is 2.47. The van der Waals surface area contributed by atoms with Crippen LogP contribution in [0.3, 0.4) is 0 Å². The van der Waals surface area contributed by atoms with Gasteiger partial charge in [0.05, 0.1) is 0 Å². The van der Waals surface area contributed by atoms with Gasteiger partial charge in [-0.3, -0.25) is 4.79 Å². The number of aryl methyl sites for hydroxylation is 1. The number of carbonyl (C=O) groups is 1. The van der Waals surface area contributed by atoms with Crippen LogP contribution in [-0.4, -0.2) is 35.2 Å². The van der Waals surface area contributed by atoms with Crippen LogP contribution < -0.4 is 5.32 Å². The molecule has 1 atom stereocenters. The highest BCUT2D eigenvalue weighted by Crippen LogP contribution is 2.17. The Morgan fingerprint density at radius 2 is 2.40 bits per heavy atom. The van der Waals surface area contributed by atoms with Crippen molar-refractivity contribution in [1.82, 2.24) is 5.32 Å². The summed E-state index contributed by atoms with van der Waals surface area (Å²) in [5.74, 6) is 7.69. The van der Waals surface area contributed by atoms with E-state index >= 15 is 0 Å². The first-order valence-electron chi connectivity index (χ1n) is 6.79. The van der Waals surface area contributed by atoms with Gasteiger partial charge in [0, 0.05) is 22.9 Å². The van der Waals surface area contributed by atoms with Gasteiger partial charge in [0.15, 0.2) is 0 Å².